The van der Waals surface area contributed by atoms with Gasteiger partial charge in [0.15, 0.2) is 20.3 Å². The second kappa shape index (κ2) is 10.8. The molecule has 0 radical (unpaired) electrons. The summed E-state index contributed by atoms with van der Waals surface area (Å²) in [7, 11) is -4.47. The summed E-state index contributed by atoms with van der Waals surface area (Å²) >= 11 is 7.41. The van der Waals surface area contributed by atoms with Gasteiger partial charge >= 0.3 is 11.9 Å². The van der Waals surface area contributed by atoms with Crippen molar-refractivity contribution in [3.8, 4) is 0 Å². The number of carbonyl (C=O) groups excluding carboxylic acids is 2. The van der Waals surface area contributed by atoms with Crippen molar-refractivity contribution in [2.45, 2.75) is 41.9 Å². The molecule has 0 unspecified atom stereocenters. The number of sulfone groups is 1. The van der Waals surface area contributed by atoms with Gasteiger partial charge in [-0.25, -0.2) is 8.42 Å². The number of halogens is 1. The first-order valence-electron chi connectivity index (χ1n) is 11.6. The Balaban J connectivity index is 1.91. The number of hydrogen-bond donors (Lipinski definition) is 0. The molecule has 4 rings (SSSR count). The summed E-state index contributed by atoms with van der Waals surface area (Å²) in [6.45, 7) is 3.04. The van der Waals surface area contributed by atoms with Crippen LogP contribution in [-0.4, -0.2) is 49.0 Å². The second-order valence-electron chi connectivity index (χ2n) is 8.47. The van der Waals surface area contributed by atoms with Crippen molar-refractivity contribution in [2.24, 2.45) is 0 Å². The van der Waals surface area contributed by atoms with E-state index in [1.54, 1.807) is 26.0 Å². The fraction of sp³-hybridized carbons (Fsp3) is 0.360. The van der Waals surface area contributed by atoms with Crippen molar-refractivity contribution < 1.29 is 32.4 Å². The van der Waals surface area contributed by atoms with E-state index in [9.17, 15) is 28.1 Å². The van der Waals surface area contributed by atoms with Gasteiger partial charge in [0, 0.05) is 28.3 Å². The number of ether oxygens (including phenoxy) is 2. The summed E-state index contributed by atoms with van der Waals surface area (Å²) in [4.78, 5) is 37.4. The van der Waals surface area contributed by atoms with Crippen LogP contribution in [0.4, 0.5) is 5.69 Å². The van der Waals surface area contributed by atoms with Crippen LogP contribution < -0.4 is 0 Å². The van der Waals surface area contributed by atoms with Gasteiger partial charge in [0.2, 0.25) is 0 Å². The number of nitro benzene ring substituents is 1. The Labute approximate surface area is 223 Å². The quantitative estimate of drug-likeness (QED) is 0.265. The maximum atomic E-state index is 14.0. The number of benzene rings is 2. The number of allylic oxidation sites excluding steroid dienone is 1. The van der Waals surface area contributed by atoms with Crippen LogP contribution in [0, 0.1) is 10.1 Å². The number of rotatable bonds is 7. The molecule has 0 saturated carbocycles. The molecule has 0 amide bonds. The minimum atomic E-state index is -4.47. The van der Waals surface area contributed by atoms with Crippen molar-refractivity contribution in [3.63, 3.8) is 0 Å². The van der Waals surface area contributed by atoms with Crippen molar-refractivity contribution in [3.05, 3.63) is 85.3 Å². The molecule has 0 saturated heterocycles. The van der Waals surface area contributed by atoms with Crippen LogP contribution in [-0.2, 0) is 28.9 Å². The fourth-order valence-corrected chi connectivity index (χ4v) is 8.91. The highest BCUT2D eigenvalue weighted by molar-refractivity contribution is 8.04. The van der Waals surface area contributed by atoms with Crippen molar-refractivity contribution in [1.29, 1.82) is 0 Å². The zero-order valence-corrected chi connectivity index (χ0v) is 22.3. The Morgan fingerprint density at radius 2 is 1.57 bits per heavy atom. The zero-order valence-electron chi connectivity index (χ0n) is 20.0. The number of nitrogens with zero attached hydrogens (tertiary/aromatic N) is 1. The Morgan fingerprint density at radius 3 is 2.14 bits per heavy atom. The van der Waals surface area contributed by atoms with Crippen LogP contribution >= 0.6 is 23.4 Å². The number of nitro groups is 1. The molecular formula is C25H24ClNO8S2. The molecular weight excluding hydrogens is 542 g/mol. The van der Waals surface area contributed by atoms with E-state index < -0.39 is 43.1 Å². The molecule has 12 heteroatoms. The van der Waals surface area contributed by atoms with Gasteiger partial charge in [0.1, 0.15) is 0 Å². The maximum Gasteiger partial charge on any atom is 0.328 e. The minimum absolute atomic E-state index is 0.0307. The highest BCUT2D eigenvalue weighted by Crippen LogP contribution is 2.59. The average molecular weight is 566 g/mol. The number of hydrogen-bond acceptors (Lipinski definition) is 9. The molecule has 2 aliphatic heterocycles. The topological polar surface area (TPSA) is 130 Å². The maximum absolute atomic E-state index is 14.0. The molecule has 196 valence electrons. The summed E-state index contributed by atoms with van der Waals surface area (Å²) in [6.07, 6.45) is 0.239. The lowest BCUT2D eigenvalue weighted by Gasteiger charge is -2.35. The lowest BCUT2D eigenvalue weighted by Crippen LogP contribution is -2.50. The van der Waals surface area contributed by atoms with Gasteiger partial charge < -0.3 is 9.47 Å². The summed E-state index contributed by atoms with van der Waals surface area (Å²) in [5.41, 5.74) is 1.46. The lowest BCUT2D eigenvalue weighted by atomic mass is 9.89. The molecule has 2 aromatic rings. The molecule has 0 aromatic heterocycles. The monoisotopic (exact) mass is 565 g/mol. The normalized spacial score (nSPS) is 24.3. The first-order valence-corrected chi connectivity index (χ1v) is 14.4. The third kappa shape index (κ3) is 5.12. The summed E-state index contributed by atoms with van der Waals surface area (Å²) in [5.74, 6) is -2.93. The van der Waals surface area contributed by atoms with Crippen LogP contribution in [0.5, 0.6) is 0 Å². The van der Waals surface area contributed by atoms with E-state index in [1.807, 2.05) is 12.1 Å². The molecule has 0 fully saturated rings. The van der Waals surface area contributed by atoms with Gasteiger partial charge in [-0.2, -0.15) is 0 Å². The second-order valence-corrected chi connectivity index (χ2v) is 12.3. The van der Waals surface area contributed by atoms with E-state index in [0.717, 1.165) is 5.56 Å². The van der Waals surface area contributed by atoms with E-state index in [-0.39, 0.29) is 30.6 Å². The standard InChI is InChI=1S/C25H24ClNO8S2/c1-3-34-24(28)22-18-13-19(14-5-9-16(26)10-6-14)36-21(18)20(15-7-11-17(12-8-15)27(30)31)23(37(22,32)33)25(29)35-4-2/h5-12,19-20,22-23H,3-4,13H2,1-2H3/t19-,20+,22+,23+/m0/s1. The van der Waals surface area contributed by atoms with Crippen LogP contribution in [0.3, 0.4) is 0 Å². The zero-order chi connectivity index (χ0) is 26.9. The predicted octanol–water partition coefficient (Wildman–Crippen LogP) is 4.76. The Morgan fingerprint density at radius 1 is 1.00 bits per heavy atom. The molecule has 4 atom stereocenters. The Bertz CT molecular complexity index is 1360. The molecule has 0 bridgehead atoms. The van der Waals surface area contributed by atoms with Crippen LogP contribution in [0.1, 0.15) is 42.6 Å². The molecule has 0 N–H and O–H groups in total. The summed E-state index contributed by atoms with van der Waals surface area (Å²) < 4.78 is 38.2. The SMILES string of the molecule is CCOC(=O)[C@H]1C2=C(S[C@H](c3ccc(Cl)cc3)C2)[C@@H](c2ccc([N+](=O)[O-])cc2)[C@H](C(=O)OCC)S1(=O)=O. The highest BCUT2D eigenvalue weighted by Gasteiger charge is 2.58. The summed E-state index contributed by atoms with van der Waals surface area (Å²) in [6, 6.07) is 12.5. The van der Waals surface area contributed by atoms with E-state index in [2.05, 4.69) is 0 Å². The van der Waals surface area contributed by atoms with Crippen molar-refractivity contribution >= 4 is 50.8 Å². The molecule has 2 aromatic carbocycles. The number of esters is 2. The Hall–Kier alpha value is -2.89. The van der Waals surface area contributed by atoms with E-state index in [4.69, 9.17) is 21.1 Å². The van der Waals surface area contributed by atoms with E-state index >= 15 is 0 Å². The third-order valence-electron chi connectivity index (χ3n) is 6.30. The Kier molecular flexibility index (Phi) is 7.96. The fourth-order valence-electron chi connectivity index (χ4n) is 4.73. The van der Waals surface area contributed by atoms with Gasteiger partial charge in [-0.15, -0.1) is 11.8 Å². The average Bonchev–Trinajstić information content (AvgIpc) is 3.27. The lowest BCUT2D eigenvalue weighted by molar-refractivity contribution is -0.384. The van der Waals surface area contributed by atoms with Crippen LogP contribution in [0.2, 0.25) is 5.02 Å². The molecule has 9 nitrogen and oxygen atoms in total. The number of non-ortho nitro benzene ring substituents is 1. The van der Waals surface area contributed by atoms with Crippen molar-refractivity contribution in [1.82, 2.24) is 0 Å². The van der Waals surface area contributed by atoms with E-state index in [0.29, 0.717) is 21.1 Å². The molecule has 2 aliphatic rings. The molecule has 0 aliphatic carbocycles. The molecule has 0 spiro atoms. The van der Waals surface area contributed by atoms with Gasteiger partial charge in [0.25, 0.3) is 5.69 Å². The van der Waals surface area contributed by atoms with Crippen LogP contribution in [0.15, 0.2) is 59.0 Å². The first kappa shape index (κ1) is 27.2. The number of carbonyl (C=O) groups is 2. The van der Waals surface area contributed by atoms with Gasteiger partial charge in [-0.1, -0.05) is 35.9 Å². The van der Waals surface area contributed by atoms with Gasteiger partial charge in [-0.3, -0.25) is 19.7 Å². The first-order chi connectivity index (χ1) is 17.6. The predicted molar refractivity (Wildman–Crippen MR) is 139 cm³/mol. The van der Waals surface area contributed by atoms with Crippen LogP contribution in [0.25, 0.3) is 0 Å². The largest absolute Gasteiger partial charge is 0.465 e. The molecule has 37 heavy (non-hydrogen) atoms. The minimum Gasteiger partial charge on any atom is -0.465 e. The summed E-state index contributed by atoms with van der Waals surface area (Å²) in [5, 5.41) is 8.12. The molecule has 2 heterocycles. The van der Waals surface area contributed by atoms with Crippen molar-refractivity contribution in [2.75, 3.05) is 13.2 Å². The third-order valence-corrected chi connectivity index (χ3v) is 10.4. The number of thioether (sulfide) groups is 1. The van der Waals surface area contributed by atoms with Gasteiger partial charge in [-0.05, 0) is 54.0 Å². The smallest absolute Gasteiger partial charge is 0.328 e. The highest BCUT2D eigenvalue weighted by atomic mass is 35.5. The van der Waals surface area contributed by atoms with Gasteiger partial charge in [0.05, 0.1) is 18.1 Å². The van der Waals surface area contributed by atoms with E-state index in [1.165, 1.54) is 36.0 Å².